The number of urea groups is 1. The molecule has 39 heavy (non-hydrogen) atoms. The maximum absolute atomic E-state index is 14.3. The first kappa shape index (κ1) is 28.0. The SMILES string of the molecule is CC(C)C(NC(=O)c1cc(C(F)(F)F)ccc1F)C(=O)N1CCC2(CC1)C(=O)N(C)C(=O)N2c1cnn(C)c1. The maximum atomic E-state index is 14.3. The van der Waals surface area contributed by atoms with E-state index >= 15 is 0 Å². The van der Waals surface area contributed by atoms with Crippen LogP contribution < -0.4 is 10.2 Å². The summed E-state index contributed by atoms with van der Waals surface area (Å²) in [5.74, 6) is -3.73. The lowest BCUT2D eigenvalue weighted by Gasteiger charge is -2.42. The number of anilines is 1. The first-order chi connectivity index (χ1) is 18.2. The molecule has 4 rings (SSSR count). The second kappa shape index (κ2) is 9.97. The summed E-state index contributed by atoms with van der Waals surface area (Å²) >= 11 is 0. The number of piperidine rings is 1. The van der Waals surface area contributed by atoms with Crippen LogP contribution >= 0.6 is 0 Å². The van der Waals surface area contributed by atoms with Gasteiger partial charge in [-0.1, -0.05) is 13.8 Å². The van der Waals surface area contributed by atoms with Gasteiger partial charge in [-0.15, -0.1) is 0 Å². The predicted molar refractivity (Wildman–Crippen MR) is 130 cm³/mol. The van der Waals surface area contributed by atoms with E-state index in [2.05, 4.69) is 10.4 Å². The minimum Gasteiger partial charge on any atom is -0.341 e. The number of imide groups is 1. The van der Waals surface area contributed by atoms with E-state index in [1.807, 2.05) is 0 Å². The van der Waals surface area contributed by atoms with Crippen molar-refractivity contribution in [3.05, 3.63) is 47.5 Å². The maximum Gasteiger partial charge on any atom is 0.416 e. The van der Waals surface area contributed by atoms with Gasteiger partial charge in [-0.05, 0) is 37.0 Å². The molecular formula is C25H28F4N6O4. The number of nitrogens with one attached hydrogen (secondary N) is 1. The molecule has 0 saturated carbocycles. The molecule has 1 N–H and O–H groups in total. The molecule has 1 aromatic heterocycles. The molecule has 0 radical (unpaired) electrons. The average Bonchev–Trinajstić information content (AvgIpc) is 3.37. The number of alkyl halides is 3. The molecule has 2 fully saturated rings. The molecule has 1 atom stereocenters. The summed E-state index contributed by atoms with van der Waals surface area (Å²) in [6.45, 7) is 3.41. The summed E-state index contributed by atoms with van der Waals surface area (Å²) in [5.41, 5.74) is -2.80. The number of halogens is 4. The number of hydrogen-bond donors (Lipinski definition) is 1. The van der Waals surface area contributed by atoms with Crippen LogP contribution in [0.5, 0.6) is 0 Å². The average molecular weight is 553 g/mol. The third-order valence-corrected chi connectivity index (χ3v) is 7.22. The van der Waals surface area contributed by atoms with E-state index in [0.29, 0.717) is 23.9 Å². The number of amides is 5. The Hall–Kier alpha value is -3.97. The van der Waals surface area contributed by atoms with Crippen LogP contribution in [0.1, 0.15) is 42.6 Å². The molecule has 3 heterocycles. The van der Waals surface area contributed by atoms with E-state index in [9.17, 15) is 36.7 Å². The summed E-state index contributed by atoms with van der Waals surface area (Å²) in [4.78, 5) is 56.2. The highest BCUT2D eigenvalue weighted by Gasteiger charge is 2.58. The Morgan fingerprint density at radius 3 is 2.28 bits per heavy atom. The molecule has 2 aliphatic rings. The number of benzene rings is 1. The van der Waals surface area contributed by atoms with Crippen molar-refractivity contribution in [2.45, 2.75) is 44.4 Å². The zero-order valence-electron chi connectivity index (χ0n) is 21.8. The molecule has 0 aliphatic carbocycles. The normalized spacial score (nSPS) is 18.3. The van der Waals surface area contributed by atoms with Crippen LogP contribution in [-0.4, -0.2) is 75.1 Å². The lowest BCUT2D eigenvalue weighted by atomic mass is 9.85. The summed E-state index contributed by atoms with van der Waals surface area (Å²) in [7, 11) is 3.06. The number of likely N-dealkylation sites (N-methyl/N-ethyl adjacent to an activating group) is 1. The molecule has 2 saturated heterocycles. The van der Waals surface area contributed by atoms with E-state index in [-0.39, 0.29) is 25.9 Å². The van der Waals surface area contributed by atoms with Gasteiger partial charge >= 0.3 is 12.2 Å². The second-order valence-electron chi connectivity index (χ2n) is 10.1. The Bertz CT molecular complexity index is 1320. The van der Waals surface area contributed by atoms with Crippen molar-refractivity contribution >= 4 is 29.4 Å². The van der Waals surface area contributed by atoms with E-state index in [1.54, 1.807) is 27.1 Å². The minimum absolute atomic E-state index is 0.0689. The van der Waals surface area contributed by atoms with Gasteiger partial charge in [0.1, 0.15) is 17.4 Å². The van der Waals surface area contributed by atoms with Crippen LogP contribution in [-0.2, 0) is 22.8 Å². The third kappa shape index (κ3) is 4.94. The van der Waals surface area contributed by atoms with Crippen molar-refractivity contribution < 1.29 is 36.7 Å². The van der Waals surface area contributed by atoms with Gasteiger partial charge in [-0.25, -0.2) is 9.18 Å². The molecule has 0 bridgehead atoms. The highest BCUT2D eigenvalue weighted by Crippen LogP contribution is 2.40. The summed E-state index contributed by atoms with van der Waals surface area (Å²) in [6, 6.07) is -0.188. The lowest BCUT2D eigenvalue weighted by molar-refractivity contribution is -0.139. The Kier molecular flexibility index (Phi) is 7.17. The van der Waals surface area contributed by atoms with Crippen LogP contribution in [0.4, 0.5) is 28.0 Å². The number of nitrogens with zero attached hydrogens (tertiary/aromatic N) is 5. The topological polar surface area (TPSA) is 108 Å². The molecule has 210 valence electrons. The van der Waals surface area contributed by atoms with Crippen molar-refractivity contribution in [2.75, 3.05) is 25.0 Å². The van der Waals surface area contributed by atoms with E-state index in [4.69, 9.17) is 0 Å². The number of carbonyl (C=O) groups excluding carboxylic acids is 4. The van der Waals surface area contributed by atoms with Gasteiger partial charge < -0.3 is 10.2 Å². The number of hydrogen-bond acceptors (Lipinski definition) is 5. The molecule has 1 unspecified atom stereocenters. The number of rotatable bonds is 5. The molecular weight excluding hydrogens is 524 g/mol. The monoisotopic (exact) mass is 552 g/mol. The van der Waals surface area contributed by atoms with Crippen LogP contribution in [0.3, 0.4) is 0 Å². The number of likely N-dealkylation sites (tertiary alicyclic amines) is 1. The fraction of sp³-hybridized carbons (Fsp3) is 0.480. The van der Waals surface area contributed by atoms with Gasteiger partial charge in [0.15, 0.2) is 0 Å². The van der Waals surface area contributed by atoms with Gasteiger partial charge in [0.05, 0.1) is 23.0 Å². The predicted octanol–water partition coefficient (Wildman–Crippen LogP) is 2.79. The van der Waals surface area contributed by atoms with E-state index in [0.717, 1.165) is 4.90 Å². The number of carbonyl (C=O) groups is 4. The zero-order chi connectivity index (χ0) is 28.9. The number of aromatic nitrogens is 2. The highest BCUT2D eigenvalue weighted by molar-refractivity contribution is 6.16. The summed E-state index contributed by atoms with van der Waals surface area (Å²) < 4.78 is 55.0. The van der Waals surface area contributed by atoms with E-state index < -0.39 is 64.4 Å². The minimum atomic E-state index is -4.78. The molecule has 5 amide bonds. The van der Waals surface area contributed by atoms with Gasteiger partial charge in [-0.2, -0.15) is 18.3 Å². The van der Waals surface area contributed by atoms with Crippen molar-refractivity contribution in [3.63, 3.8) is 0 Å². The molecule has 14 heteroatoms. The van der Waals surface area contributed by atoms with E-state index in [1.165, 1.54) is 27.7 Å². The quantitative estimate of drug-likeness (QED) is 0.454. The fourth-order valence-electron chi connectivity index (χ4n) is 5.05. The largest absolute Gasteiger partial charge is 0.416 e. The zero-order valence-corrected chi connectivity index (χ0v) is 21.8. The first-order valence-electron chi connectivity index (χ1n) is 12.2. The van der Waals surface area contributed by atoms with Crippen molar-refractivity contribution in [1.82, 2.24) is 24.9 Å². The van der Waals surface area contributed by atoms with Crippen molar-refractivity contribution in [2.24, 2.45) is 13.0 Å². The molecule has 1 aromatic carbocycles. The van der Waals surface area contributed by atoms with Gasteiger partial charge in [0, 0.05) is 33.4 Å². The Morgan fingerprint density at radius 2 is 1.74 bits per heavy atom. The lowest BCUT2D eigenvalue weighted by Crippen LogP contribution is -2.60. The third-order valence-electron chi connectivity index (χ3n) is 7.22. The van der Waals surface area contributed by atoms with Gasteiger partial charge in [0.25, 0.3) is 11.8 Å². The van der Waals surface area contributed by atoms with Gasteiger partial charge in [0.2, 0.25) is 5.91 Å². The molecule has 10 nitrogen and oxygen atoms in total. The van der Waals surface area contributed by atoms with Crippen LogP contribution in [0.2, 0.25) is 0 Å². The van der Waals surface area contributed by atoms with Crippen molar-refractivity contribution in [1.29, 1.82) is 0 Å². The van der Waals surface area contributed by atoms with Crippen LogP contribution in [0, 0.1) is 11.7 Å². The van der Waals surface area contributed by atoms with Crippen LogP contribution in [0.25, 0.3) is 0 Å². The highest BCUT2D eigenvalue weighted by atomic mass is 19.4. The van der Waals surface area contributed by atoms with Crippen molar-refractivity contribution in [3.8, 4) is 0 Å². The Morgan fingerprint density at radius 1 is 1.10 bits per heavy atom. The van der Waals surface area contributed by atoms with Crippen LogP contribution in [0.15, 0.2) is 30.6 Å². The second-order valence-corrected chi connectivity index (χ2v) is 10.1. The number of aryl methyl sites for hydroxylation is 1. The summed E-state index contributed by atoms with van der Waals surface area (Å²) in [6.07, 6.45) is -1.47. The molecule has 2 aromatic rings. The fourth-order valence-corrected chi connectivity index (χ4v) is 5.05. The standard InChI is InChI=1S/C25H28F4N6O4/c1-14(2)19(31-20(36)17-11-15(25(27,28)29)5-6-18(17)26)21(37)34-9-7-24(8-10-34)22(38)33(4)23(39)35(24)16-12-30-32(3)13-16/h5-6,11-14,19H,7-10H2,1-4H3,(H,31,36). The summed E-state index contributed by atoms with van der Waals surface area (Å²) in [5, 5.41) is 6.47. The first-order valence-corrected chi connectivity index (χ1v) is 12.2. The molecule has 2 aliphatic heterocycles. The smallest absolute Gasteiger partial charge is 0.341 e. The van der Waals surface area contributed by atoms with Gasteiger partial charge in [-0.3, -0.25) is 28.9 Å². The molecule has 1 spiro atoms. The Balaban J connectivity index is 1.52. The Labute approximate surface area is 221 Å².